The summed E-state index contributed by atoms with van der Waals surface area (Å²) >= 11 is 0. The second-order valence-corrected chi connectivity index (χ2v) is 9.16. The fourth-order valence-electron chi connectivity index (χ4n) is 4.01. The second kappa shape index (κ2) is 11.6. The average molecular weight is 516 g/mol. The Labute approximate surface area is 220 Å². The molecule has 3 aromatic carbocycles. The highest BCUT2D eigenvalue weighted by Crippen LogP contribution is 2.29. The molecule has 0 aromatic heterocycles. The van der Waals surface area contributed by atoms with Crippen LogP contribution in [-0.4, -0.2) is 36.8 Å². The first-order chi connectivity index (χ1) is 18.2. The van der Waals surface area contributed by atoms with Crippen LogP contribution in [0.2, 0.25) is 0 Å². The number of esters is 1. The van der Waals surface area contributed by atoms with E-state index in [-0.39, 0.29) is 24.8 Å². The first-order valence-electron chi connectivity index (χ1n) is 12.2. The summed E-state index contributed by atoms with van der Waals surface area (Å²) in [6, 6.07) is 19.5. The van der Waals surface area contributed by atoms with Crippen LogP contribution in [0, 0.1) is 19.8 Å². The number of ether oxygens (including phenoxy) is 2. The van der Waals surface area contributed by atoms with E-state index in [9.17, 15) is 19.2 Å². The molecular formula is C29H29N3O6. The molecule has 38 heavy (non-hydrogen) atoms. The van der Waals surface area contributed by atoms with Gasteiger partial charge in [0.1, 0.15) is 11.5 Å². The summed E-state index contributed by atoms with van der Waals surface area (Å²) in [5, 5.41) is 5.25. The molecule has 9 heteroatoms. The van der Waals surface area contributed by atoms with Gasteiger partial charge in [0, 0.05) is 37.0 Å². The molecule has 1 fully saturated rings. The number of carbonyl (C=O) groups excluding carboxylic acids is 4. The fourth-order valence-corrected chi connectivity index (χ4v) is 4.01. The molecular weight excluding hydrogens is 486 g/mol. The van der Waals surface area contributed by atoms with E-state index < -0.39 is 24.4 Å². The Bertz CT molecular complexity index is 1350. The van der Waals surface area contributed by atoms with Crippen molar-refractivity contribution in [2.45, 2.75) is 27.2 Å². The zero-order valence-electron chi connectivity index (χ0n) is 21.4. The molecule has 196 valence electrons. The van der Waals surface area contributed by atoms with Gasteiger partial charge in [-0.3, -0.25) is 19.2 Å². The summed E-state index contributed by atoms with van der Waals surface area (Å²) < 4.78 is 11.1. The summed E-state index contributed by atoms with van der Waals surface area (Å²) in [5.41, 5.74) is 4.06. The van der Waals surface area contributed by atoms with E-state index in [0.29, 0.717) is 22.8 Å². The Morgan fingerprint density at radius 1 is 0.868 bits per heavy atom. The average Bonchev–Trinajstić information content (AvgIpc) is 3.28. The zero-order chi connectivity index (χ0) is 27.2. The van der Waals surface area contributed by atoms with Crippen LogP contribution in [0.3, 0.4) is 0 Å². The van der Waals surface area contributed by atoms with Gasteiger partial charge in [0.15, 0.2) is 6.61 Å². The molecule has 0 unspecified atom stereocenters. The number of benzene rings is 3. The predicted molar refractivity (Wildman–Crippen MR) is 143 cm³/mol. The van der Waals surface area contributed by atoms with Crippen molar-refractivity contribution in [3.05, 3.63) is 77.9 Å². The Balaban J connectivity index is 1.26. The highest BCUT2D eigenvalue weighted by atomic mass is 16.5. The summed E-state index contributed by atoms with van der Waals surface area (Å²) in [7, 11) is 0. The van der Waals surface area contributed by atoms with Gasteiger partial charge in [0.25, 0.3) is 5.91 Å². The molecule has 1 saturated heterocycles. The number of nitrogens with one attached hydrogen (secondary N) is 2. The lowest BCUT2D eigenvalue weighted by Crippen LogP contribution is -2.28. The topological polar surface area (TPSA) is 114 Å². The Morgan fingerprint density at radius 2 is 1.50 bits per heavy atom. The van der Waals surface area contributed by atoms with Gasteiger partial charge in [0.2, 0.25) is 11.8 Å². The third-order valence-electron chi connectivity index (χ3n) is 6.16. The van der Waals surface area contributed by atoms with Crippen molar-refractivity contribution < 1.29 is 28.7 Å². The lowest BCUT2D eigenvalue weighted by molar-refractivity contribution is -0.151. The molecule has 9 nitrogen and oxygen atoms in total. The quantitative estimate of drug-likeness (QED) is 0.424. The van der Waals surface area contributed by atoms with Gasteiger partial charge in [-0.05, 0) is 85.6 Å². The van der Waals surface area contributed by atoms with E-state index in [1.54, 1.807) is 48.5 Å². The molecule has 1 atom stereocenters. The third-order valence-corrected chi connectivity index (χ3v) is 6.16. The smallest absolute Gasteiger partial charge is 0.311 e. The zero-order valence-corrected chi connectivity index (χ0v) is 21.4. The van der Waals surface area contributed by atoms with E-state index in [4.69, 9.17) is 9.47 Å². The monoisotopic (exact) mass is 515 g/mol. The van der Waals surface area contributed by atoms with Crippen molar-refractivity contribution in [1.82, 2.24) is 0 Å². The van der Waals surface area contributed by atoms with Crippen LogP contribution in [-0.2, 0) is 23.9 Å². The van der Waals surface area contributed by atoms with Crippen LogP contribution >= 0.6 is 0 Å². The normalized spacial score (nSPS) is 14.7. The summed E-state index contributed by atoms with van der Waals surface area (Å²) in [6.07, 6.45) is 0.00591. The number of carbonyl (C=O) groups is 4. The molecule has 3 amide bonds. The van der Waals surface area contributed by atoms with Gasteiger partial charge < -0.3 is 25.0 Å². The lowest BCUT2D eigenvalue weighted by atomic mass is 10.1. The van der Waals surface area contributed by atoms with Crippen LogP contribution in [0.5, 0.6) is 11.5 Å². The number of amides is 3. The van der Waals surface area contributed by atoms with Gasteiger partial charge in [-0.25, -0.2) is 0 Å². The first kappa shape index (κ1) is 26.4. The molecule has 3 aromatic rings. The molecule has 2 N–H and O–H groups in total. The fraction of sp³-hybridized carbons (Fsp3) is 0.241. The van der Waals surface area contributed by atoms with Crippen molar-refractivity contribution in [3.8, 4) is 11.5 Å². The Morgan fingerprint density at radius 3 is 2.13 bits per heavy atom. The predicted octanol–water partition coefficient (Wildman–Crippen LogP) is 4.59. The van der Waals surface area contributed by atoms with Crippen LogP contribution in [0.4, 0.5) is 17.1 Å². The third kappa shape index (κ3) is 6.76. The second-order valence-electron chi connectivity index (χ2n) is 9.16. The molecule has 1 aliphatic heterocycles. The number of rotatable bonds is 8. The highest BCUT2D eigenvalue weighted by Gasteiger charge is 2.36. The Hall–Kier alpha value is -4.66. The molecule has 1 aliphatic rings. The van der Waals surface area contributed by atoms with Crippen molar-refractivity contribution in [2.75, 3.05) is 28.7 Å². The van der Waals surface area contributed by atoms with Gasteiger partial charge in [-0.1, -0.05) is 6.07 Å². The van der Waals surface area contributed by atoms with E-state index in [1.807, 2.05) is 32.0 Å². The summed E-state index contributed by atoms with van der Waals surface area (Å²) in [6.45, 7) is 5.16. The Kier molecular flexibility index (Phi) is 8.06. The number of nitrogens with zero attached hydrogens (tertiary/aromatic N) is 1. The van der Waals surface area contributed by atoms with Crippen LogP contribution < -0.4 is 20.3 Å². The molecule has 0 aliphatic carbocycles. The van der Waals surface area contributed by atoms with Crippen molar-refractivity contribution in [1.29, 1.82) is 0 Å². The van der Waals surface area contributed by atoms with Crippen LogP contribution in [0.1, 0.15) is 24.5 Å². The molecule has 0 saturated carbocycles. The summed E-state index contributed by atoms with van der Waals surface area (Å²) in [5.74, 6) is -0.811. The van der Waals surface area contributed by atoms with Crippen molar-refractivity contribution in [3.63, 3.8) is 0 Å². The number of anilines is 3. The van der Waals surface area contributed by atoms with Crippen LogP contribution in [0.15, 0.2) is 66.7 Å². The number of hydrogen-bond acceptors (Lipinski definition) is 6. The van der Waals surface area contributed by atoms with Crippen LogP contribution in [0.25, 0.3) is 0 Å². The van der Waals surface area contributed by atoms with Gasteiger partial charge in [-0.15, -0.1) is 0 Å². The van der Waals surface area contributed by atoms with Crippen molar-refractivity contribution in [2.24, 2.45) is 5.92 Å². The maximum absolute atomic E-state index is 12.6. The van der Waals surface area contributed by atoms with Crippen molar-refractivity contribution >= 4 is 40.8 Å². The minimum atomic E-state index is -0.668. The first-order valence-corrected chi connectivity index (χ1v) is 12.2. The highest BCUT2D eigenvalue weighted by molar-refractivity contribution is 6.00. The van der Waals surface area contributed by atoms with Gasteiger partial charge >= 0.3 is 5.97 Å². The number of hydrogen-bond donors (Lipinski definition) is 2. The standard InChI is InChI=1S/C29H29N3O6/c1-18-4-11-26(14-19(18)2)38-25-12-9-24(10-13-25)32-16-21(15-28(32)35)29(36)37-17-27(34)31-23-7-5-22(6-8-23)30-20(3)33/h4-14,21H,15-17H2,1-3H3,(H,30,33)(H,31,34)/t21-/m1/s1. The van der Waals surface area contributed by atoms with E-state index in [2.05, 4.69) is 10.6 Å². The molecule has 0 radical (unpaired) electrons. The SMILES string of the molecule is CC(=O)Nc1ccc(NC(=O)COC(=O)[C@@H]2CC(=O)N(c3ccc(Oc4ccc(C)c(C)c4)cc3)C2)cc1. The van der Waals surface area contributed by atoms with E-state index in [1.165, 1.54) is 17.4 Å². The maximum Gasteiger partial charge on any atom is 0.311 e. The van der Waals surface area contributed by atoms with Gasteiger partial charge in [0.05, 0.1) is 5.92 Å². The largest absolute Gasteiger partial charge is 0.457 e. The van der Waals surface area contributed by atoms with Gasteiger partial charge in [-0.2, -0.15) is 0 Å². The summed E-state index contributed by atoms with van der Waals surface area (Å²) in [4.78, 5) is 49.9. The molecule has 0 spiro atoms. The number of aryl methyl sites for hydroxylation is 2. The minimum absolute atomic E-state index is 0.00591. The van der Waals surface area contributed by atoms with E-state index in [0.717, 1.165) is 11.3 Å². The minimum Gasteiger partial charge on any atom is -0.457 e. The molecule has 4 rings (SSSR count). The lowest BCUT2D eigenvalue weighted by Gasteiger charge is -2.17. The maximum atomic E-state index is 12.6. The van der Waals surface area contributed by atoms with E-state index >= 15 is 0 Å². The molecule has 1 heterocycles. The molecule has 0 bridgehead atoms.